The van der Waals surface area contributed by atoms with Crippen molar-refractivity contribution in [2.24, 2.45) is 5.92 Å². The second-order valence-corrected chi connectivity index (χ2v) is 7.07. The first-order valence-electron chi connectivity index (χ1n) is 8.98. The van der Waals surface area contributed by atoms with Crippen LogP contribution in [0.3, 0.4) is 0 Å². The summed E-state index contributed by atoms with van der Waals surface area (Å²) in [6, 6.07) is 5.68. The van der Waals surface area contributed by atoms with Crippen LogP contribution in [0.25, 0.3) is 0 Å². The molecule has 2 fully saturated rings. The zero-order chi connectivity index (χ0) is 18.0. The second-order valence-electron chi connectivity index (χ2n) is 7.07. The molecule has 1 saturated carbocycles. The number of unbranched alkanes of at least 4 members (excludes halogenated alkanes) is 1. The largest absolute Gasteiger partial charge is 0.449 e. The first-order chi connectivity index (χ1) is 11.9. The van der Waals surface area contributed by atoms with Gasteiger partial charge in [0.15, 0.2) is 0 Å². The van der Waals surface area contributed by atoms with Gasteiger partial charge in [0.05, 0.1) is 11.5 Å². The van der Waals surface area contributed by atoms with Crippen LogP contribution < -0.4 is 0 Å². The number of alkyl halides is 3. The van der Waals surface area contributed by atoms with E-state index in [-0.39, 0.29) is 23.8 Å². The fourth-order valence-corrected chi connectivity index (χ4v) is 4.06. The molecule has 0 amide bonds. The quantitative estimate of drug-likeness (QED) is 0.741. The number of benzene rings is 1. The summed E-state index contributed by atoms with van der Waals surface area (Å²) in [6.07, 6.45) is -0.0172. The number of hydrogen-bond acceptors (Lipinski definition) is 3. The normalized spacial score (nSPS) is 27.7. The van der Waals surface area contributed by atoms with Crippen LogP contribution in [0.15, 0.2) is 24.3 Å². The number of halogens is 3. The Morgan fingerprint density at radius 1 is 1.28 bits per heavy atom. The van der Waals surface area contributed by atoms with Gasteiger partial charge in [-0.05, 0) is 43.2 Å². The maximum absolute atomic E-state index is 13.0. The molecule has 0 N–H and O–H groups in total. The lowest BCUT2D eigenvalue weighted by Crippen LogP contribution is -2.53. The number of nitrogens with zero attached hydrogens (tertiary/aromatic N) is 1. The summed E-state index contributed by atoms with van der Waals surface area (Å²) < 4.78 is 44.2. The lowest BCUT2D eigenvalue weighted by Gasteiger charge is -2.44. The van der Waals surface area contributed by atoms with E-state index in [1.54, 1.807) is 6.07 Å². The lowest BCUT2D eigenvalue weighted by atomic mass is 9.74. The highest BCUT2D eigenvalue weighted by atomic mass is 19.4. The van der Waals surface area contributed by atoms with Crippen molar-refractivity contribution >= 4 is 5.97 Å². The van der Waals surface area contributed by atoms with Crippen molar-refractivity contribution in [3.05, 3.63) is 35.4 Å². The fourth-order valence-electron chi connectivity index (χ4n) is 4.06. The molecule has 3 rings (SSSR count). The number of cyclic esters (lactones) is 1. The molecule has 0 aromatic heterocycles. The molecule has 138 valence electrons. The summed E-state index contributed by atoms with van der Waals surface area (Å²) >= 11 is 0. The van der Waals surface area contributed by atoms with Crippen LogP contribution >= 0.6 is 0 Å². The molecule has 0 bridgehead atoms. The molecule has 1 aliphatic heterocycles. The van der Waals surface area contributed by atoms with Crippen LogP contribution in [0.1, 0.15) is 56.1 Å². The van der Waals surface area contributed by atoms with E-state index < -0.39 is 11.7 Å². The third-order valence-corrected chi connectivity index (χ3v) is 5.44. The van der Waals surface area contributed by atoms with Gasteiger partial charge in [0.1, 0.15) is 6.73 Å². The Bertz CT molecular complexity index is 617. The van der Waals surface area contributed by atoms with Crippen molar-refractivity contribution in [3.8, 4) is 0 Å². The molecule has 0 radical (unpaired) electrons. The second kappa shape index (κ2) is 7.36. The van der Waals surface area contributed by atoms with Crippen LogP contribution in [-0.4, -0.2) is 30.2 Å². The van der Waals surface area contributed by atoms with E-state index in [0.29, 0.717) is 18.7 Å². The number of carbonyl (C=O) groups is 1. The van der Waals surface area contributed by atoms with Gasteiger partial charge in [-0.15, -0.1) is 0 Å². The molecule has 3 nitrogen and oxygen atoms in total. The van der Waals surface area contributed by atoms with Crippen LogP contribution in [0.5, 0.6) is 0 Å². The van der Waals surface area contributed by atoms with Crippen molar-refractivity contribution in [1.82, 2.24) is 4.90 Å². The third-order valence-electron chi connectivity index (χ3n) is 5.44. The van der Waals surface area contributed by atoms with Gasteiger partial charge in [-0.2, -0.15) is 13.2 Å². The fraction of sp³-hybridized carbons (Fsp3) is 0.632. The van der Waals surface area contributed by atoms with Gasteiger partial charge >= 0.3 is 12.1 Å². The summed E-state index contributed by atoms with van der Waals surface area (Å²) in [5.74, 6) is -0.462. The summed E-state index contributed by atoms with van der Waals surface area (Å²) in [7, 11) is 0. The maximum atomic E-state index is 13.0. The SMILES string of the molecule is CCCCN1COC(=O)C2CC(c3cccc(C(F)(F)F)c3)CCC21. The van der Waals surface area contributed by atoms with E-state index in [4.69, 9.17) is 4.74 Å². The molecule has 1 aromatic rings. The highest BCUT2D eigenvalue weighted by molar-refractivity contribution is 5.74. The molecule has 1 aromatic carbocycles. The highest BCUT2D eigenvalue weighted by Crippen LogP contribution is 2.42. The Kier molecular flexibility index (Phi) is 5.37. The topological polar surface area (TPSA) is 29.5 Å². The van der Waals surface area contributed by atoms with E-state index in [9.17, 15) is 18.0 Å². The van der Waals surface area contributed by atoms with Crippen molar-refractivity contribution in [2.45, 2.75) is 57.2 Å². The molecule has 25 heavy (non-hydrogen) atoms. The van der Waals surface area contributed by atoms with Crippen LogP contribution in [0, 0.1) is 5.92 Å². The van der Waals surface area contributed by atoms with Gasteiger partial charge < -0.3 is 4.74 Å². The minimum atomic E-state index is -4.34. The van der Waals surface area contributed by atoms with E-state index in [2.05, 4.69) is 11.8 Å². The first kappa shape index (κ1) is 18.2. The summed E-state index contributed by atoms with van der Waals surface area (Å²) in [5.41, 5.74) is 0.0506. The molecule has 3 unspecified atom stereocenters. The number of fused-ring (bicyclic) bond motifs is 1. The Morgan fingerprint density at radius 2 is 2.08 bits per heavy atom. The van der Waals surface area contributed by atoms with E-state index >= 15 is 0 Å². The Balaban J connectivity index is 1.75. The van der Waals surface area contributed by atoms with Crippen molar-refractivity contribution in [1.29, 1.82) is 0 Å². The van der Waals surface area contributed by atoms with Gasteiger partial charge in [0.25, 0.3) is 0 Å². The van der Waals surface area contributed by atoms with Crippen molar-refractivity contribution in [3.63, 3.8) is 0 Å². The number of rotatable bonds is 4. The predicted molar refractivity (Wildman–Crippen MR) is 87.9 cm³/mol. The van der Waals surface area contributed by atoms with E-state index in [1.807, 2.05) is 0 Å². The maximum Gasteiger partial charge on any atom is 0.416 e. The Labute approximate surface area is 146 Å². The van der Waals surface area contributed by atoms with Crippen molar-refractivity contribution < 1.29 is 22.7 Å². The Morgan fingerprint density at radius 3 is 2.80 bits per heavy atom. The summed E-state index contributed by atoms with van der Waals surface area (Å²) in [5, 5.41) is 0. The van der Waals surface area contributed by atoms with Crippen LogP contribution in [0.4, 0.5) is 13.2 Å². The minimum absolute atomic E-state index is 0.0257. The summed E-state index contributed by atoms with van der Waals surface area (Å²) in [4.78, 5) is 14.4. The van der Waals surface area contributed by atoms with Crippen molar-refractivity contribution in [2.75, 3.05) is 13.3 Å². The zero-order valence-electron chi connectivity index (χ0n) is 14.4. The number of esters is 1. The van der Waals surface area contributed by atoms with Gasteiger partial charge in [0.2, 0.25) is 0 Å². The van der Waals surface area contributed by atoms with Crippen LogP contribution in [-0.2, 0) is 15.7 Å². The smallest absolute Gasteiger partial charge is 0.416 e. The molecular weight excluding hydrogens is 331 g/mol. The molecule has 2 aliphatic rings. The summed E-state index contributed by atoms with van der Waals surface area (Å²) in [6.45, 7) is 3.37. The van der Waals surface area contributed by atoms with E-state index in [1.165, 1.54) is 12.1 Å². The molecule has 0 spiro atoms. The lowest BCUT2D eigenvalue weighted by molar-refractivity contribution is -0.172. The Hall–Kier alpha value is -1.56. The molecular formula is C19H24F3NO2. The van der Waals surface area contributed by atoms with Gasteiger partial charge in [-0.25, -0.2) is 0 Å². The molecule has 1 heterocycles. The molecule has 3 atom stereocenters. The van der Waals surface area contributed by atoms with Gasteiger partial charge in [-0.1, -0.05) is 31.5 Å². The first-order valence-corrected chi connectivity index (χ1v) is 8.98. The number of carbonyl (C=O) groups excluding carboxylic acids is 1. The highest BCUT2D eigenvalue weighted by Gasteiger charge is 2.43. The predicted octanol–water partition coefficient (Wildman–Crippen LogP) is 4.57. The van der Waals surface area contributed by atoms with E-state index in [0.717, 1.165) is 38.3 Å². The average Bonchev–Trinajstić information content (AvgIpc) is 2.60. The monoisotopic (exact) mass is 355 g/mol. The molecule has 1 saturated heterocycles. The average molecular weight is 355 g/mol. The standard InChI is InChI=1S/C19H24F3NO2/c1-2-3-9-23-12-25-18(24)16-11-14(7-8-17(16)23)13-5-4-6-15(10-13)19(20,21)22/h4-6,10,14,16-17H,2-3,7-9,11-12H2,1H3. The van der Waals surface area contributed by atoms with Gasteiger partial charge in [0, 0.05) is 12.6 Å². The van der Waals surface area contributed by atoms with Crippen LogP contribution in [0.2, 0.25) is 0 Å². The minimum Gasteiger partial charge on any atom is -0.449 e. The molecule has 1 aliphatic carbocycles. The third kappa shape index (κ3) is 4.00. The number of hydrogen-bond donors (Lipinski definition) is 0. The molecule has 6 heteroatoms. The number of ether oxygens (including phenoxy) is 1. The zero-order valence-corrected chi connectivity index (χ0v) is 14.4. The van der Waals surface area contributed by atoms with Gasteiger partial charge in [-0.3, -0.25) is 9.69 Å².